The molecular formula is C59H91NO14. The van der Waals surface area contributed by atoms with Crippen molar-refractivity contribution in [3.05, 3.63) is 83.9 Å². The number of benzene rings is 2. The summed E-state index contributed by atoms with van der Waals surface area (Å²) in [6.07, 6.45) is 20.3. The number of esters is 3. The Labute approximate surface area is 441 Å². The summed E-state index contributed by atoms with van der Waals surface area (Å²) < 4.78 is 34.9. The summed E-state index contributed by atoms with van der Waals surface area (Å²) in [6, 6.07) is 15.3. The van der Waals surface area contributed by atoms with Gasteiger partial charge in [0.1, 0.15) is 31.0 Å². The SMILES string of the molecule is CCCCCCCCCCCCC/C=C/[C@@H](OC(=O)c1ccccc1)[C@H](CO[C@H]1O[C@H](C(O)CC(=O)O)[C@H](OCC(=O)OC)[C@H](O)[C@H]1OC(=O)c1ccccc1)NC(=O)CCCCCCCCCCCCCCC. The molecule has 74 heavy (non-hydrogen) atoms. The van der Waals surface area contributed by atoms with Gasteiger partial charge < -0.3 is 49.1 Å². The van der Waals surface area contributed by atoms with Crippen LogP contribution in [0.25, 0.3) is 0 Å². The van der Waals surface area contributed by atoms with Crippen LogP contribution in [0.15, 0.2) is 72.8 Å². The Morgan fingerprint density at radius 3 is 1.64 bits per heavy atom. The third-order valence-electron chi connectivity index (χ3n) is 13.4. The van der Waals surface area contributed by atoms with E-state index in [1.807, 2.05) is 6.08 Å². The summed E-state index contributed by atoms with van der Waals surface area (Å²) in [5, 5.41) is 35.8. The van der Waals surface area contributed by atoms with Crippen LogP contribution in [0.5, 0.6) is 0 Å². The first-order chi connectivity index (χ1) is 36.0. The Kier molecular flexibility index (Phi) is 34.1. The molecule has 3 rings (SSSR count). The molecule has 0 spiro atoms. The predicted molar refractivity (Wildman–Crippen MR) is 284 cm³/mol. The van der Waals surface area contributed by atoms with E-state index in [0.29, 0.717) is 12.8 Å². The van der Waals surface area contributed by atoms with Crippen molar-refractivity contribution in [3.8, 4) is 0 Å². The van der Waals surface area contributed by atoms with Gasteiger partial charge in [-0.3, -0.25) is 9.59 Å². The van der Waals surface area contributed by atoms with Gasteiger partial charge in [0.05, 0.1) is 43.4 Å². The summed E-state index contributed by atoms with van der Waals surface area (Å²) in [4.78, 5) is 65.3. The second-order valence-corrected chi connectivity index (χ2v) is 19.7. The number of hydrogen-bond donors (Lipinski definition) is 4. The van der Waals surface area contributed by atoms with Crippen LogP contribution in [0.4, 0.5) is 0 Å². The average molecular weight is 1040 g/mol. The highest BCUT2D eigenvalue weighted by Gasteiger charge is 2.52. The number of ether oxygens (including phenoxy) is 6. The van der Waals surface area contributed by atoms with Gasteiger partial charge in [0.2, 0.25) is 5.91 Å². The van der Waals surface area contributed by atoms with Crippen LogP contribution >= 0.6 is 0 Å². The van der Waals surface area contributed by atoms with Crippen LogP contribution in [0.2, 0.25) is 0 Å². The van der Waals surface area contributed by atoms with Gasteiger partial charge in [0, 0.05) is 6.42 Å². The van der Waals surface area contributed by atoms with Crippen LogP contribution in [0.1, 0.15) is 208 Å². The first-order valence-electron chi connectivity index (χ1n) is 28.0. The molecule has 2 aromatic carbocycles. The Morgan fingerprint density at radius 2 is 1.14 bits per heavy atom. The van der Waals surface area contributed by atoms with Gasteiger partial charge in [0.25, 0.3) is 0 Å². The van der Waals surface area contributed by atoms with Gasteiger partial charge >= 0.3 is 23.9 Å². The molecule has 0 aromatic heterocycles. The lowest BCUT2D eigenvalue weighted by Gasteiger charge is -2.45. The summed E-state index contributed by atoms with van der Waals surface area (Å²) >= 11 is 0. The van der Waals surface area contributed by atoms with Crippen molar-refractivity contribution in [2.75, 3.05) is 20.3 Å². The van der Waals surface area contributed by atoms with Crippen LogP contribution in [0, 0.1) is 0 Å². The van der Waals surface area contributed by atoms with E-state index in [1.165, 1.54) is 115 Å². The summed E-state index contributed by atoms with van der Waals surface area (Å²) in [7, 11) is 1.12. The fraction of sp³-hybridized carbons (Fsp3) is 0.678. The number of carbonyl (C=O) groups is 5. The maximum absolute atomic E-state index is 13.9. The minimum absolute atomic E-state index is 0.118. The molecule has 416 valence electrons. The Bertz CT molecular complexity index is 1850. The number of hydrogen-bond acceptors (Lipinski definition) is 13. The molecule has 4 N–H and O–H groups in total. The highest BCUT2D eigenvalue weighted by Crippen LogP contribution is 2.31. The number of amides is 1. The third-order valence-corrected chi connectivity index (χ3v) is 13.4. The van der Waals surface area contributed by atoms with Gasteiger partial charge in [0.15, 0.2) is 12.4 Å². The Morgan fingerprint density at radius 1 is 0.649 bits per heavy atom. The molecule has 1 unspecified atom stereocenters. The minimum atomic E-state index is -1.86. The minimum Gasteiger partial charge on any atom is -0.481 e. The maximum Gasteiger partial charge on any atom is 0.338 e. The monoisotopic (exact) mass is 1040 g/mol. The van der Waals surface area contributed by atoms with Gasteiger partial charge in [-0.2, -0.15) is 0 Å². The van der Waals surface area contributed by atoms with E-state index >= 15 is 0 Å². The van der Waals surface area contributed by atoms with Gasteiger partial charge in [-0.15, -0.1) is 0 Å². The maximum atomic E-state index is 13.9. The highest BCUT2D eigenvalue weighted by molar-refractivity contribution is 5.90. The third kappa shape index (κ3) is 26.7. The van der Waals surface area contributed by atoms with Crippen molar-refractivity contribution >= 4 is 29.8 Å². The molecule has 15 heteroatoms. The van der Waals surface area contributed by atoms with E-state index in [0.717, 1.165) is 52.1 Å². The zero-order chi connectivity index (χ0) is 53.6. The number of nitrogens with one attached hydrogen (secondary N) is 1. The lowest BCUT2D eigenvalue weighted by atomic mass is 9.93. The standard InChI is InChI=1S/C59H91NO14/c1-4-6-8-10-12-14-16-18-20-22-24-26-34-40-49(72-57(67)45-36-30-28-31-37-45)47(60-50(62)41-35-27-25-23-21-19-17-15-13-11-9-7-5-2)43-71-59-56(73-58(68)46-38-32-29-33-39-46)53(66)55(70-44-52(65)69-3)54(74-59)48(61)42-51(63)64/h28-34,36-40,47-49,53-56,59,61,66H,4-27,35,41-44H2,1-3H3,(H,60,62)(H,63,64)/b40-34+/t47-,48?,49+,53-,54+,55+,56+,59-/m0/s1. The largest absolute Gasteiger partial charge is 0.481 e. The number of rotatable bonds is 42. The van der Waals surface area contributed by atoms with E-state index in [-0.39, 0.29) is 23.5 Å². The number of carbonyl (C=O) groups excluding carboxylic acids is 4. The van der Waals surface area contributed by atoms with E-state index in [9.17, 15) is 39.3 Å². The smallest absolute Gasteiger partial charge is 0.338 e. The molecule has 8 atom stereocenters. The van der Waals surface area contributed by atoms with Gasteiger partial charge in [-0.25, -0.2) is 14.4 Å². The van der Waals surface area contributed by atoms with E-state index < -0.39 is 92.5 Å². The summed E-state index contributed by atoms with van der Waals surface area (Å²) in [6.45, 7) is 3.29. The fourth-order valence-electron chi connectivity index (χ4n) is 9.08. The average Bonchev–Trinajstić information content (AvgIpc) is 3.40. The van der Waals surface area contributed by atoms with Crippen molar-refractivity contribution in [1.82, 2.24) is 5.32 Å². The topological polar surface area (TPSA) is 213 Å². The molecule has 1 fully saturated rings. The number of unbranched alkanes of at least 4 members (excludes halogenated alkanes) is 23. The van der Waals surface area contributed by atoms with E-state index in [2.05, 4.69) is 19.2 Å². The van der Waals surface area contributed by atoms with Crippen molar-refractivity contribution in [3.63, 3.8) is 0 Å². The number of methoxy groups -OCH3 is 1. The summed E-state index contributed by atoms with van der Waals surface area (Å²) in [5.74, 6) is -4.08. The van der Waals surface area contributed by atoms with Crippen LogP contribution in [-0.2, 0) is 42.8 Å². The van der Waals surface area contributed by atoms with Crippen LogP contribution < -0.4 is 5.32 Å². The molecule has 1 saturated heterocycles. The number of carboxylic acid groups (broad SMARTS) is 1. The highest BCUT2D eigenvalue weighted by atomic mass is 16.7. The second kappa shape index (κ2) is 39.7. The lowest BCUT2D eigenvalue weighted by Crippen LogP contribution is -2.64. The lowest BCUT2D eigenvalue weighted by molar-refractivity contribution is -0.316. The molecule has 0 saturated carbocycles. The molecule has 1 aliphatic heterocycles. The zero-order valence-corrected chi connectivity index (χ0v) is 44.9. The molecular weight excluding hydrogens is 947 g/mol. The molecule has 1 amide bonds. The van der Waals surface area contributed by atoms with Crippen LogP contribution in [0.3, 0.4) is 0 Å². The first-order valence-corrected chi connectivity index (χ1v) is 28.0. The first kappa shape index (κ1) is 63.6. The van der Waals surface area contributed by atoms with Crippen molar-refractivity contribution in [2.24, 2.45) is 0 Å². The van der Waals surface area contributed by atoms with Crippen molar-refractivity contribution in [2.45, 2.75) is 236 Å². The number of carboxylic acids is 1. The number of aliphatic hydroxyl groups excluding tert-OH is 2. The molecule has 2 aromatic rings. The quantitative estimate of drug-likeness (QED) is 0.0211. The van der Waals surface area contributed by atoms with Crippen molar-refractivity contribution in [1.29, 1.82) is 0 Å². The number of aliphatic hydroxyl groups is 2. The molecule has 0 aliphatic carbocycles. The van der Waals surface area contributed by atoms with Gasteiger partial charge in [-0.05, 0) is 49.6 Å². The molecule has 0 radical (unpaired) electrons. The number of aliphatic carboxylic acids is 1. The Hall–Kier alpha value is -4.67. The molecule has 0 bridgehead atoms. The van der Waals surface area contributed by atoms with E-state index in [4.69, 9.17) is 28.4 Å². The van der Waals surface area contributed by atoms with Gasteiger partial charge in [-0.1, -0.05) is 198 Å². The molecule has 1 aliphatic rings. The zero-order valence-electron chi connectivity index (χ0n) is 44.9. The number of allylic oxidation sites excluding steroid dienone is 1. The fourth-order valence-corrected chi connectivity index (χ4v) is 9.08. The van der Waals surface area contributed by atoms with Crippen molar-refractivity contribution < 1.29 is 67.7 Å². The molecule has 15 nitrogen and oxygen atoms in total. The summed E-state index contributed by atoms with van der Waals surface area (Å²) in [5.41, 5.74) is 0.404. The van der Waals surface area contributed by atoms with E-state index in [1.54, 1.807) is 54.6 Å². The molecule has 1 heterocycles. The normalized spacial score (nSPS) is 18.9. The van der Waals surface area contributed by atoms with Crippen LogP contribution in [-0.4, -0.2) is 114 Å². The second-order valence-electron chi connectivity index (χ2n) is 19.7. The Balaban J connectivity index is 1.86. The predicted octanol–water partition coefficient (Wildman–Crippen LogP) is 11.2.